The zero-order chi connectivity index (χ0) is 14.7. The number of carbonyl (C=O) groups is 1. The molecule has 0 aliphatic heterocycles. The van der Waals surface area contributed by atoms with Crippen LogP contribution in [0, 0.1) is 5.41 Å². The van der Waals surface area contributed by atoms with Gasteiger partial charge in [0, 0.05) is 24.8 Å². The molecule has 1 aliphatic rings. The first-order valence-corrected chi connectivity index (χ1v) is 8.57. The highest BCUT2D eigenvalue weighted by Gasteiger charge is 2.37. The Kier molecular flexibility index (Phi) is 5.38. The maximum atomic E-state index is 12.2. The summed E-state index contributed by atoms with van der Waals surface area (Å²) in [5, 5.41) is 8.54. The lowest BCUT2D eigenvalue weighted by atomic mass is 9.86. The zero-order valence-corrected chi connectivity index (χ0v) is 12.9. The van der Waals surface area contributed by atoms with Gasteiger partial charge in [-0.2, -0.15) is 0 Å². The van der Waals surface area contributed by atoms with Crippen LogP contribution in [0.4, 0.5) is 0 Å². The van der Waals surface area contributed by atoms with E-state index in [-0.39, 0.29) is 23.7 Å². The number of amides is 1. The number of hydrogen-bond acceptors (Lipinski definition) is 4. The van der Waals surface area contributed by atoms with Gasteiger partial charge in [0.25, 0.3) is 0 Å². The lowest BCUT2D eigenvalue weighted by Crippen LogP contribution is -2.45. The average molecular weight is 291 g/mol. The first-order chi connectivity index (χ1) is 8.78. The van der Waals surface area contributed by atoms with Crippen molar-refractivity contribution in [2.75, 3.05) is 26.0 Å². The summed E-state index contributed by atoms with van der Waals surface area (Å²) in [6, 6.07) is 0. The van der Waals surface area contributed by atoms with Crippen LogP contribution in [-0.4, -0.2) is 55.5 Å². The van der Waals surface area contributed by atoms with Gasteiger partial charge in [0.05, 0.1) is 6.61 Å². The molecule has 1 aliphatic carbocycles. The van der Waals surface area contributed by atoms with Crippen molar-refractivity contribution in [1.29, 1.82) is 0 Å². The van der Waals surface area contributed by atoms with Crippen molar-refractivity contribution in [3.63, 3.8) is 0 Å². The normalized spacial score (nSPS) is 20.2. The topological polar surface area (TPSA) is 74.7 Å². The second-order valence-corrected chi connectivity index (χ2v) is 8.26. The Labute approximate surface area is 115 Å². The second-order valence-electron chi connectivity index (χ2n) is 5.65. The Bertz CT molecular complexity index is 412. The summed E-state index contributed by atoms with van der Waals surface area (Å²) >= 11 is 0. The summed E-state index contributed by atoms with van der Waals surface area (Å²) < 4.78 is 23.5. The number of rotatable bonds is 6. The van der Waals surface area contributed by atoms with E-state index in [1.165, 1.54) is 11.8 Å². The molecule has 6 heteroatoms. The molecule has 0 aromatic rings. The minimum Gasteiger partial charge on any atom is -0.396 e. The highest BCUT2D eigenvalue weighted by molar-refractivity contribution is 7.92. The fourth-order valence-electron chi connectivity index (χ4n) is 2.79. The quantitative estimate of drug-likeness (QED) is 0.786. The summed E-state index contributed by atoms with van der Waals surface area (Å²) in [6.45, 7) is 3.48. The molecule has 0 unspecified atom stereocenters. The monoisotopic (exact) mass is 291 g/mol. The van der Waals surface area contributed by atoms with Gasteiger partial charge in [-0.3, -0.25) is 4.79 Å². The van der Waals surface area contributed by atoms with Crippen LogP contribution in [0.15, 0.2) is 0 Å². The van der Waals surface area contributed by atoms with Crippen LogP contribution in [0.1, 0.15) is 39.5 Å². The number of sulfone groups is 1. The van der Waals surface area contributed by atoms with Crippen LogP contribution in [0.3, 0.4) is 0 Å². The third kappa shape index (κ3) is 3.69. The molecule has 112 valence electrons. The molecule has 0 radical (unpaired) electrons. The molecule has 5 nitrogen and oxygen atoms in total. The van der Waals surface area contributed by atoms with Gasteiger partial charge in [-0.05, 0) is 19.8 Å². The van der Waals surface area contributed by atoms with E-state index in [0.29, 0.717) is 6.54 Å². The van der Waals surface area contributed by atoms with E-state index in [1.54, 1.807) is 14.0 Å². The van der Waals surface area contributed by atoms with Crippen LogP contribution < -0.4 is 0 Å². The van der Waals surface area contributed by atoms with Gasteiger partial charge in [0.1, 0.15) is 5.25 Å². The van der Waals surface area contributed by atoms with Crippen LogP contribution >= 0.6 is 0 Å². The van der Waals surface area contributed by atoms with Gasteiger partial charge >= 0.3 is 0 Å². The first-order valence-electron chi connectivity index (χ1n) is 6.85. The van der Waals surface area contributed by atoms with E-state index in [4.69, 9.17) is 0 Å². The van der Waals surface area contributed by atoms with Crippen molar-refractivity contribution in [2.24, 2.45) is 5.41 Å². The van der Waals surface area contributed by atoms with Gasteiger partial charge in [-0.1, -0.05) is 19.8 Å². The first kappa shape index (κ1) is 16.4. The molecule has 1 rings (SSSR count). The zero-order valence-electron chi connectivity index (χ0n) is 12.1. The van der Waals surface area contributed by atoms with E-state index in [2.05, 4.69) is 0 Å². The van der Waals surface area contributed by atoms with Gasteiger partial charge in [-0.15, -0.1) is 0 Å². The van der Waals surface area contributed by atoms with Gasteiger partial charge in [0.15, 0.2) is 9.84 Å². The third-order valence-electron chi connectivity index (χ3n) is 4.24. The fraction of sp³-hybridized carbons (Fsp3) is 0.923. The summed E-state index contributed by atoms with van der Waals surface area (Å²) in [7, 11) is -1.73. The summed E-state index contributed by atoms with van der Waals surface area (Å²) in [6.07, 6.45) is 3.92. The molecule has 0 saturated heterocycles. The number of carbonyl (C=O) groups excluding carboxylic acids is 1. The smallest absolute Gasteiger partial charge is 0.240 e. The van der Waals surface area contributed by atoms with Crippen molar-refractivity contribution < 1.29 is 18.3 Å². The summed E-state index contributed by atoms with van der Waals surface area (Å²) in [5.41, 5.74) is -0.236. The van der Waals surface area contributed by atoms with E-state index in [1.807, 2.05) is 0 Å². The van der Waals surface area contributed by atoms with Gasteiger partial charge in [0.2, 0.25) is 5.91 Å². The molecule has 0 aromatic heterocycles. The maximum absolute atomic E-state index is 12.2. The van der Waals surface area contributed by atoms with Crippen molar-refractivity contribution >= 4 is 15.7 Å². The van der Waals surface area contributed by atoms with Crippen LogP contribution in [0.2, 0.25) is 0 Å². The molecular formula is C13H25NO4S. The molecule has 0 heterocycles. The minimum atomic E-state index is -3.36. The third-order valence-corrected chi connectivity index (χ3v) is 6.32. The Morgan fingerprint density at radius 3 is 2.32 bits per heavy atom. The average Bonchev–Trinajstić information content (AvgIpc) is 2.85. The lowest BCUT2D eigenvalue weighted by molar-refractivity contribution is -0.131. The molecule has 1 N–H and O–H groups in total. The molecule has 1 fully saturated rings. The molecular weight excluding hydrogens is 266 g/mol. The standard InChI is InChI=1S/C13H25NO4S/c1-4-19(17,18)11(2)12(16)14(3)9-13(10-15)7-5-6-8-13/h11,15H,4-10H2,1-3H3/t11-/m0/s1. The van der Waals surface area contributed by atoms with Crippen molar-refractivity contribution in [3.05, 3.63) is 0 Å². The SMILES string of the molecule is CCS(=O)(=O)[C@@H](C)C(=O)N(C)CC1(CO)CCCC1. The molecule has 1 atom stereocenters. The lowest BCUT2D eigenvalue weighted by Gasteiger charge is -2.32. The highest BCUT2D eigenvalue weighted by Crippen LogP contribution is 2.38. The van der Waals surface area contributed by atoms with Gasteiger partial charge in [-0.25, -0.2) is 8.42 Å². The predicted octanol–water partition coefficient (Wildman–Crippen LogP) is 0.821. The van der Waals surface area contributed by atoms with Gasteiger partial charge < -0.3 is 10.0 Å². The summed E-state index contributed by atoms with van der Waals surface area (Å²) in [4.78, 5) is 13.6. The van der Waals surface area contributed by atoms with E-state index in [9.17, 15) is 18.3 Å². The largest absolute Gasteiger partial charge is 0.396 e. The number of aliphatic hydroxyl groups is 1. The van der Waals surface area contributed by atoms with E-state index in [0.717, 1.165) is 25.7 Å². The maximum Gasteiger partial charge on any atom is 0.240 e. The Hall–Kier alpha value is -0.620. The number of hydrogen-bond donors (Lipinski definition) is 1. The van der Waals surface area contributed by atoms with Crippen molar-refractivity contribution in [3.8, 4) is 0 Å². The van der Waals surface area contributed by atoms with Crippen LogP contribution in [0.25, 0.3) is 0 Å². The predicted molar refractivity (Wildman–Crippen MR) is 74.5 cm³/mol. The fourth-order valence-corrected chi connectivity index (χ4v) is 3.77. The Morgan fingerprint density at radius 1 is 1.37 bits per heavy atom. The molecule has 0 aromatic carbocycles. The summed E-state index contributed by atoms with van der Waals surface area (Å²) in [5.74, 6) is -0.402. The second kappa shape index (κ2) is 6.22. The Morgan fingerprint density at radius 2 is 1.89 bits per heavy atom. The van der Waals surface area contributed by atoms with Crippen LogP contribution in [-0.2, 0) is 14.6 Å². The molecule has 0 bridgehead atoms. The molecule has 1 saturated carbocycles. The minimum absolute atomic E-state index is 0.0289. The number of nitrogens with zero attached hydrogens (tertiary/aromatic N) is 1. The number of aliphatic hydroxyl groups excluding tert-OH is 1. The van der Waals surface area contributed by atoms with E-state index < -0.39 is 15.1 Å². The van der Waals surface area contributed by atoms with Crippen molar-refractivity contribution in [2.45, 2.75) is 44.8 Å². The molecule has 1 amide bonds. The molecule has 0 spiro atoms. The highest BCUT2D eigenvalue weighted by atomic mass is 32.2. The molecule has 19 heavy (non-hydrogen) atoms. The van der Waals surface area contributed by atoms with Crippen molar-refractivity contribution in [1.82, 2.24) is 4.90 Å². The van der Waals surface area contributed by atoms with Crippen LogP contribution in [0.5, 0.6) is 0 Å². The Balaban J connectivity index is 2.72. The van der Waals surface area contributed by atoms with E-state index >= 15 is 0 Å².